The number of hydrogen-bond acceptors (Lipinski definition) is 1. The molecule has 0 amide bonds. The predicted molar refractivity (Wildman–Crippen MR) is 79.9 cm³/mol. The Kier molecular flexibility index (Phi) is 7.70. The Bertz CT molecular complexity index is 360. The smallest absolute Gasteiger partial charge is 0.118 e. The molecular formula is C17H24O. The molecule has 0 aliphatic carbocycles. The fourth-order valence-electron chi connectivity index (χ4n) is 1.74. The van der Waals surface area contributed by atoms with E-state index in [0.29, 0.717) is 0 Å². The normalized spacial score (nSPS) is 11.4. The van der Waals surface area contributed by atoms with Crippen molar-refractivity contribution < 1.29 is 4.74 Å². The van der Waals surface area contributed by atoms with Gasteiger partial charge in [0.15, 0.2) is 0 Å². The Morgan fingerprint density at radius 3 is 2.22 bits per heavy atom. The van der Waals surface area contributed by atoms with E-state index in [-0.39, 0.29) is 0 Å². The van der Waals surface area contributed by atoms with Gasteiger partial charge in [-0.1, -0.05) is 43.4 Å². The minimum atomic E-state index is 0.912. The van der Waals surface area contributed by atoms with E-state index in [1.165, 1.54) is 24.8 Å². The summed E-state index contributed by atoms with van der Waals surface area (Å²) in [7, 11) is 1.69. The van der Waals surface area contributed by atoms with Gasteiger partial charge in [0.25, 0.3) is 0 Å². The van der Waals surface area contributed by atoms with Crippen molar-refractivity contribution in [2.24, 2.45) is 0 Å². The average molecular weight is 244 g/mol. The summed E-state index contributed by atoms with van der Waals surface area (Å²) in [4.78, 5) is 0. The minimum Gasteiger partial charge on any atom is -0.497 e. The number of hydrogen-bond donors (Lipinski definition) is 0. The number of ether oxygens (including phenoxy) is 1. The largest absolute Gasteiger partial charge is 0.497 e. The van der Waals surface area contributed by atoms with Crippen molar-refractivity contribution in [2.45, 2.75) is 39.0 Å². The van der Waals surface area contributed by atoms with Gasteiger partial charge in [0.05, 0.1) is 7.11 Å². The molecule has 0 aliphatic rings. The van der Waals surface area contributed by atoms with E-state index in [4.69, 9.17) is 4.74 Å². The summed E-state index contributed by atoms with van der Waals surface area (Å²) in [5.74, 6) is 0.912. The van der Waals surface area contributed by atoms with Crippen LogP contribution in [-0.4, -0.2) is 7.11 Å². The summed E-state index contributed by atoms with van der Waals surface area (Å²) in [6.07, 6.45) is 15.0. The highest BCUT2D eigenvalue weighted by molar-refractivity contribution is 5.50. The Labute approximate surface area is 111 Å². The fourth-order valence-corrected chi connectivity index (χ4v) is 1.74. The van der Waals surface area contributed by atoms with Gasteiger partial charge in [0.2, 0.25) is 0 Å². The minimum absolute atomic E-state index is 0.912. The molecule has 1 aromatic carbocycles. The zero-order chi connectivity index (χ0) is 13.1. The predicted octanol–water partition coefficient (Wildman–Crippen LogP) is 5.24. The van der Waals surface area contributed by atoms with E-state index >= 15 is 0 Å². The summed E-state index contributed by atoms with van der Waals surface area (Å²) in [5.41, 5.74) is 1.24. The molecule has 0 heterocycles. The van der Waals surface area contributed by atoms with Crippen LogP contribution in [-0.2, 0) is 0 Å². The first kappa shape index (κ1) is 14.6. The van der Waals surface area contributed by atoms with Crippen LogP contribution in [0.5, 0.6) is 5.75 Å². The van der Waals surface area contributed by atoms with E-state index in [1.807, 2.05) is 12.1 Å². The topological polar surface area (TPSA) is 9.23 Å². The van der Waals surface area contributed by atoms with E-state index < -0.39 is 0 Å². The van der Waals surface area contributed by atoms with Crippen molar-refractivity contribution in [1.29, 1.82) is 0 Å². The first-order valence-electron chi connectivity index (χ1n) is 6.82. The maximum Gasteiger partial charge on any atom is 0.118 e. The van der Waals surface area contributed by atoms with Crippen LogP contribution < -0.4 is 4.74 Å². The summed E-state index contributed by atoms with van der Waals surface area (Å²) < 4.78 is 5.13. The Hall–Kier alpha value is -1.50. The number of allylic oxidation sites excluding steroid dienone is 3. The van der Waals surface area contributed by atoms with Gasteiger partial charge in [-0.2, -0.15) is 0 Å². The lowest BCUT2D eigenvalue weighted by Gasteiger charge is -1.99. The van der Waals surface area contributed by atoms with Gasteiger partial charge < -0.3 is 4.74 Å². The van der Waals surface area contributed by atoms with Crippen LogP contribution in [0.25, 0.3) is 6.08 Å². The van der Waals surface area contributed by atoms with E-state index in [0.717, 1.165) is 18.6 Å². The summed E-state index contributed by atoms with van der Waals surface area (Å²) in [5, 5.41) is 0. The first-order valence-corrected chi connectivity index (χ1v) is 6.82. The maximum atomic E-state index is 5.13. The number of rotatable bonds is 8. The molecule has 1 nitrogen and oxygen atoms in total. The highest BCUT2D eigenvalue weighted by Crippen LogP contribution is 2.13. The molecule has 0 aromatic heterocycles. The first-order chi connectivity index (χ1) is 8.86. The van der Waals surface area contributed by atoms with Crippen LogP contribution in [0.15, 0.2) is 42.5 Å². The molecule has 1 aromatic rings. The molecule has 0 aliphatic heterocycles. The zero-order valence-corrected chi connectivity index (χ0v) is 11.6. The highest BCUT2D eigenvalue weighted by Gasteiger charge is 1.89. The van der Waals surface area contributed by atoms with Gasteiger partial charge >= 0.3 is 0 Å². The van der Waals surface area contributed by atoms with Crippen LogP contribution >= 0.6 is 0 Å². The maximum absolute atomic E-state index is 5.13. The Balaban J connectivity index is 2.17. The molecule has 0 fully saturated rings. The van der Waals surface area contributed by atoms with Crippen molar-refractivity contribution in [1.82, 2.24) is 0 Å². The van der Waals surface area contributed by atoms with Crippen molar-refractivity contribution in [3.8, 4) is 5.75 Å². The van der Waals surface area contributed by atoms with Crippen molar-refractivity contribution in [3.63, 3.8) is 0 Å². The van der Waals surface area contributed by atoms with Gasteiger partial charge in [0.1, 0.15) is 5.75 Å². The molecule has 0 saturated heterocycles. The zero-order valence-electron chi connectivity index (χ0n) is 11.6. The molecule has 98 valence electrons. The monoisotopic (exact) mass is 244 g/mol. The average Bonchev–Trinajstić information content (AvgIpc) is 2.42. The van der Waals surface area contributed by atoms with E-state index in [1.54, 1.807) is 7.11 Å². The quantitative estimate of drug-likeness (QED) is 0.449. The van der Waals surface area contributed by atoms with Crippen LogP contribution in [0.2, 0.25) is 0 Å². The molecule has 0 saturated carbocycles. The van der Waals surface area contributed by atoms with Crippen LogP contribution in [0.4, 0.5) is 0 Å². The number of benzene rings is 1. The van der Waals surface area contributed by atoms with Crippen molar-refractivity contribution in [3.05, 3.63) is 48.1 Å². The fraction of sp³-hybridized carbons (Fsp3) is 0.412. The lowest BCUT2D eigenvalue weighted by molar-refractivity contribution is 0.415. The molecule has 0 spiro atoms. The van der Waals surface area contributed by atoms with Crippen molar-refractivity contribution in [2.75, 3.05) is 7.11 Å². The lowest BCUT2D eigenvalue weighted by Crippen LogP contribution is -1.81. The number of methoxy groups -OCH3 is 1. The Morgan fingerprint density at radius 1 is 0.944 bits per heavy atom. The third-order valence-corrected chi connectivity index (χ3v) is 2.82. The van der Waals surface area contributed by atoms with Crippen LogP contribution in [0.3, 0.4) is 0 Å². The van der Waals surface area contributed by atoms with Gasteiger partial charge in [-0.25, -0.2) is 0 Å². The standard InChI is InChI=1S/C17H24O/c1-3-4-5-6-7-8-9-10-11-16-12-14-17(18-2)15-13-16/h4-5,10-15H,3,6-9H2,1-2H3/b5-4-,11-10-. The summed E-state index contributed by atoms with van der Waals surface area (Å²) in [6.45, 7) is 2.17. The SMILES string of the molecule is CC/C=C\CCCC/C=C\c1ccc(OC)cc1. The van der Waals surface area contributed by atoms with Crippen LogP contribution in [0.1, 0.15) is 44.6 Å². The molecule has 0 unspecified atom stereocenters. The van der Waals surface area contributed by atoms with Gasteiger partial charge in [-0.15, -0.1) is 0 Å². The summed E-state index contributed by atoms with van der Waals surface area (Å²) in [6, 6.07) is 8.16. The van der Waals surface area contributed by atoms with E-state index in [2.05, 4.69) is 43.4 Å². The van der Waals surface area contributed by atoms with Crippen LogP contribution in [0, 0.1) is 0 Å². The van der Waals surface area contributed by atoms with E-state index in [9.17, 15) is 0 Å². The molecule has 1 rings (SSSR count). The molecular weight excluding hydrogens is 220 g/mol. The Morgan fingerprint density at radius 2 is 1.61 bits per heavy atom. The second-order valence-electron chi connectivity index (χ2n) is 4.34. The summed E-state index contributed by atoms with van der Waals surface area (Å²) >= 11 is 0. The van der Waals surface area contributed by atoms with Crippen molar-refractivity contribution >= 4 is 6.08 Å². The second kappa shape index (κ2) is 9.52. The molecule has 0 radical (unpaired) electrons. The molecule has 1 heteroatoms. The number of unbranched alkanes of at least 4 members (excludes halogenated alkanes) is 3. The molecule has 18 heavy (non-hydrogen) atoms. The molecule has 0 bridgehead atoms. The molecule has 0 N–H and O–H groups in total. The van der Waals surface area contributed by atoms with Gasteiger partial charge in [-0.05, 0) is 49.8 Å². The third-order valence-electron chi connectivity index (χ3n) is 2.82. The lowest BCUT2D eigenvalue weighted by atomic mass is 10.1. The third kappa shape index (κ3) is 6.29. The highest BCUT2D eigenvalue weighted by atomic mass is 16.5. The molecule has 0 atom stereocenters. The van der Waals surface area contributed by atoms with Gasteiger partial charge in [-0.3, -0.25) is 0 Å². The van der Waals surface area contributed by atoms with Gasteiger partial charge in [0, 0.05) is 0 Å². The second-order valence-corrected chi connectivity index (χ2v) is 4.34.